The maximum absolute atomic E-state index is 12.6. The van der Waals surface area contributed by atoms with Gasteiger partial charge in [-0.15, -0.1) is 11.8 Å². The first kappa shape index (κ1) is 39.9. The van der Waals surface area contributed by atoms with E-state index in [1.165, 1.54) is 42.0 Å². The van der Waals surface area contributed by atoms with E-state index in [1.807, 2.05) is 0 Å². The second-order valence-corrected chi connectivity index (χ2v) is 13.1. The number of nitrogens with one attached hydrogen (secondary N) is 1. The third-order valence-electron chi connectivity index (χ3n) is 7.95. The minimum atomic E-state index is -0.516. The summed E-state index contributed by atoms with van der Waals surface area (Å²) in [7, 11) is 0. The molecule has 0 aromatic carbocycles. The molecule has 0 saturated carbocycles. The van der Waals surface area contributed by atoms with E-state index >= 15 is 0 Å². The van der Waals surface area contributed by atoms with Crippen molar-refractivity contribution in [2.75, 3.05) is 30.8 Å². The van der Waals surface area contributed by atoms with Crippen molar-refractivity contribution in [2.24, 2.45) is 10.2 Å². The summed E-state index contributed by atoms with van der Waals surface area (Å²) in [5, 5.41) is 9.80. The molecule has 1 aliphatic heterocycles. The molecule has 0 radical (unpaired) electrons. The highest BCUT2D eigenvalue weighted by Gasteiger charge is 2.29. The van der Waals surface area contributed by atoms with Gasteiger partial charge in [0.2, 0.25) is 5.91 Å². The van der Waals surface area contributed by atoms with Gasteiger partial charge in [-0.05, 0) is 42.8 Å². The van der Waals surface area contributed by atoms with E-state index in [4.69, 9.17) is 20.5 Å². The molecular weight excluding hydrogens is 622 g/mol. The predicted molar refractivity (Wildman–Crippen MR) is 185 cm³/mol. The summed E-state index contributed by atoms with van der Waals surface area (Å²) in [6.45, 7) is 1.30. The van der Waals surface area contributed by atoms with Gasteiger partial charge in [-0.1, -0.05) is 100 Å². The fourth-order valence-corrected chi connectivity index (χ4v) is 6.29. The minimum absolute atomic E-state index is 0.135. The Labute approximate surface area is 282 Å². The molecule has 2 atom stereocenters. The Morgan fingerprint density at radius 2 is 1.36 bits per heavy atom. The second kappa shape index (κ2) is 26.8. The van der Waals surface area contributed by atoms with Crippen molar-refractivity contribution < 1.29 is 19.1 Å². The van der Waals surface area contributed by atoms with Gasteiger partial charge >= 0.3 is 11.7 Å². The molecule has 0 bridgehead atoms. The number of carbonyl (C=O) groups excluding carboxylic acids is 2. The number of esters is 1. The van der Waals surface area contributed by atoms with E-state index in [-0.39, 0.29) is 29.7 Å². The molecule has 2 rings (SSSR count). The van der Waals surface area contributed by atoms with Crippen LogP contribution in [0.4, 0.5) is 5.82 Å². The van der Waals surface area contributed by atoms with E-state index in [9.17, 15) is 14.4 Å². The highest BCUT2D eigenvalue weighted by atomic mass is 32.2. The number of azide groups is 2. The average Bonchev–Trinajstić information content (AvgIpc) is 3.53. The largest absolute Gasteiger partial charge is 0.462 e. The number of ether oxygens (including phenoxy) is 2. The molecule has 0 unspecified atom stereocenters. The van der Waals surface area contributed by atoms with Crippen molar-refractivity contribution in [3.8, 4) is 0 Å². The zero-order chi connectivity index (χ0) is 33.8. The topological polar surface area (TPSA) is 197 Å². The van der Waals surface area contributed by atoms with Crippen LogP contribution in [0.1, 0.15) is 135 Å². The van der Waals surface area contributed by atoms with Crippen LogP contribution in [0.3, 0.4) is 0 Å². The Morgan fingerprint density at radius 3 is 1.89 bits per heavy atom. The van der Waals surface area contributed by atoms with Gasteiger partial charge in [0.1, 0.15) is 24.1 Å². The van der Waals surface area contributed by atoms with Crippen LogP contribution in [0, 0.1) is 0 Å². The van der Waals surface area contributed by atoms with E-state index in [0.29, 0.717) is 31.7 Å². The van der Waals surface area contributed by atoms with Crippen LogP contribution in [0.2, 0.25) is 0 Å². The Morgan fingerprint density at radius 1 is 0.851 bits per heavy atom. The van der Waals surface area contributed by atoms with Crippen molar-refractivity contribution in [1.82, 2.24) is 9.55 Å². The third-order valence-corrected chi connectivity index (χ3v) is 9.05. The summed E-state index contributed by atoms with van der Waals surface area (Å²) in [5.74, 6) is 0.367. The van der Waals surface area contributed by atoms with E-state index in [2.05, 4.69) is 30.4 Å². The van der Waals surface area contributed by atoms with E-state index in [0.717, 1.165) is 89.9 Å². The molecule has 47 heavy (non-hydrogen) atoms. The summed E-state index contributed by atoms with van der Waals surface area (Å²) >= 11 is 1.49. The smallest absolute Gasteiger partial charge is 0.351 e. The van der Waals surface area contributed by atoms with Crippen LogP contribution in [0.15, 0.2) is 27.3 Å². The Kier molecular flexibility index (Phi) is 22.7. The number of aromatic nitrogens is 2. The molecular formula is C32H53N9O5S. The van der Waals surface area contributed by atoms with Gasteiger partial charge in [0, 0.05) is 47.7 Å². The highest BCUT2D eigenvalue weighted by Crippen LogP contribution is 2.31. The Balaban J connectivity index is 1.50. The Hall–Kier alpha value is -3.25. The van der Waals surface area contributed by atoms with Crippen LogP contribution >= 0.6 is 11.8 Å². The zero-order valence-electron chi connectivity index (χ0n) is 27.8. The normalized spacial score (nSPS) is 15.5. The lowest BCUT2D eigenvalue weighted by atomic mass is 10.1. The quantitative estimate of drug-likeness (QED) is 0.0301. The number of hydrogen-bond donors (Lipinski definition) is 1. The molecule has 1 fully saturated rings. The lowest BCUT2D eigenvalue weighted by molar-refractivity contribution is -0.147. The molecule has 1 saturated heterocycles. The van der Waals surface area contributed by atoms with Gasteiger partial charge in [-0.25, -0.2) is 4.79 Å². The molecule has 14 nitrogen and oxygen atoms in total. The number of thioether (sulfide) groups is 1. The molecule has 1 aromatic heterocycles. The molecule has 2 heterocycles. The first-order valence-electron chi connectivity index (χ1n) is 17.4. The van der Waals surface area contributed by atoms with Crippen LogP contribution in [0.25, 0.3) is 20.9 Å². The van der Waals surface area contributed by atoms with Gasteiger partial charge in [0.05, 0.1) is 0 Å². The number of nitrogens with zero attached hydrogens (tertiary/aromatic N) is 8. The van der Waals surface area contributed by atoms with E-state index in [1.54, 1.807) is 12.3 Å². The molecule has 15 heteroatoms. The Bertz CT molecular complexity index is 1190. The van der Waals surface area contributed by atoms with Crippen molar-refractivity contribution in [1.29, 1.82) is 0 Å². The van der Waals surface area contributed by atoms with Crippen LogP contribution in [-0.4, -0.2) is 52.3 Å². The number of anilines is 1. The van der Waals surface area contributed by atoms with Crippen molar-refractivity contribution in [2.45, 2.75) is 140 Å². The highest BCUT2D eigenvalue weighted by molar-refractivity contribution is 8.00. The predicted octanol–water partition coefficient (Wildman–Crippen LogP) is 8.74. The monoisotopic (exact) mass is 675 g/mol. The van der Waals surface area contributed by atoms with Gasteiger partial charge in [0.15, 0.2) is 0 Å². The molecule has 0 aliphatic carbocycles. The van der Waals surface area contributed by atoms with Crippen LogP contribution in [-0.2, 0) is 19.1 Å². The third kappa shape index (κ3) is 19.9. The standard InChI is InChI=1S/C32H53N9O5S/c33-39-35-22-17-13-9-5-1-3-7-11-15-19-28(42)37-27-21-24-41(32(44)38-27)29-26-47-31(46-29)25-45-30(43)20-16-12-8-4-2-6-10-14-18-23-36-40-34/h21,24,29,31H,1-20,22-23,25-26H2,(H,37,38,42,44)/t29-,31+/m0/s1. The fourth-order valence-electron chi connectivity index (χ4n) is 5.30. The summed E-state index contributed by atoms with van der Waals surface area (Å²) in [6.07, 6.45) is 21.1. The number of unbranched alkanes of at least 4 members (excludes halogenated alkanes) is 16. The molecule has 0 spiro atoms. The summed E-state index contributed by atoms with van der Waals surface area (Å²) < 4.78 is 12.7. The number of carbonyl (C=O) groups is 2. The lowest BCUT2D eigenvalue weighted by Crippen LogP contribution is -2.29. The van der Waals surface area contributed by atoms with Gasteiger partial charge < -0.3 is 14.8 Å². The zero-order valence-corrected chi connectivity index (χ0v) is 28.6. The molecule has 1 amide bonds. The van der Waals surface area contributed by atoms with Crippen LogP contribution < -0.4 is 11.0 Å². The SMILES string of the molecule is [N-]=[N+]=NCCCCCCCCCCCC(=O)Nc1ccn([C@@H]2CS[C@H](COC(=O)CCCCCCCCCCCN=[N+]=[N-])O2)c(=O)n1. The van der Waals surface area contributed by atoms with Gasteiger partial charge in [-0.3, -0.25) is 14.2 Å². The average molecular weight is 676 g/mol. The van der Waals surface area contributed by atoms with Crippen molar-refractivity contribution in [3.63, 3.8) is 0 Å². The summed E-state index contributed by atoms with van der Waals surface area (Å²) in [6, 6.07) is 1.60. The van der Waals surface area contributed by atoms with Crippen LogP contribution in [0.5, 0.6) is 0 Å². The van der Waals surface area contributed by atoms with Crippen molar-refractivity contribution in [3.05, 3.63) is 43.6 Å². The number of rotatable bonds is 28. The second-order valence-electron chi connectivity index (χ2n) is 11.9. The summed E-state index contributed by atoms with van der Waals surface area (Å²) in [5.41, 5.74) is 15.7. The molecule has 262 valence electrons. The molecule has 1 N–H and O–H groups in total. The fraction of sp³-hybridized carbons (Fsp3) is 0.812. The minimum Gasteiger partial charge on any atom is -0.462 e. The lowest BCUT2D eigenvalue weighted by Gasteiger charge is -2.15. The number of hydrogen-bond acceptors (Lipinski definition) is 9. The first-order chi connectivity index (χ1) is 23.0. The van der Waals surface area contributed by atoms with E-state index < -0.39 is 11.9 Å². The molecule has 1 aromatic rings. The number of amides is 1. The van der Waals surface area contributed by atoms with Gasteiger partial charge in [-0.2, -0.15) is 4.98 Å². The summed E-state index contributed by atoms with van der Waals surface area (Å²) in [4.78, 5) is 46.7. The molecule has 1 aliphatic rings. The maximum atomic E-state index is 12.6. The van der Waals surface area contributed by atoms with Gasteiger partial charge in [0.25, 0.3) is 0 Å². The van der Waals surface area contributed by atoms with Crippen molar-refractivity contribution >= 4 is 29.5 Å². The maximum Gasteiger partial charge on any atom is 0.351 e. The first-order valence-corrected chi connectivity index (χ1v) is 18.4.